The van der Waals surface area contributed by atoms with E-state index in [0.717, 1.165) is 47.3 Å². The van der Waals surface area contributed by atoms with Gasteiger partial charge in [-0.25, -0.2) is 4.79 Å². The van der Waals surface area contributed by atoms with Crippen LogP contribution in [0.4, 0.5) is 16.2 Å². The van der Waals surface area contributed by atoms with E-state index in [1.54, 1.807) is 4.90 Å². The van der Waals surface area contributed by atoms with Crippen LogP contribution >= 0.6 is 0 Å². The molecule has 0 aromatic heterocycles. The monoisotopic (exact) mass is 430 g/mol. The predicted octanol–water partition coefficient (Wildman–Crippen LogP) is 5.51. The van der Waals surface area contributed by atoms with Crippen LogP contribution in [0.3, 0.4) is 0 Å². The highest BCUT2D eigenvalue weighted by Crippen LogP contribution is 2.35. The zero-order chi connectivity index (χ0) is 23.1. The molecule has 4 rings (SSSR count). The number of rotatable bonds is 4. The summed E-state index contributed by atoms with van der Waals surface area (Å²) in [6.07, 6.45) is 3.02. The van der Waals surface area contributed by atoms with Crippen LogP contribution in [-0.4, -0.2) is 17.1 Å². The van der Waals surface area contributed by atoms with Gasteiger partial charge in [0.05, 0.1) is 17.8 Å². The van der Waals surface area contributed by atoms with Crippen molar-refractivity contribution < 1.29 is 14.7 Å². The maximum Gasteiger partial charge on any atom is 0.323 e. The second-order valence-electron chi connectivity index (χ2n) is 8.42. The van der Waals surface area contributed by atoms with Crippen LogP contribution in [0, 0.1) is 5.92 Å². The minimum atomic E-state index is -0.776. The number of aliphatic carboxylic acids is 1. The molecule has 0 fully saturated rings. The number of benzene rings is 3. The zero-order valence-electron chi connectivity index (χ0n) is 18.6. The molecule has 0 spiro atoms. The molecular formula is C27H30N2O3. The average Bonchev–Trinajstić information content (AvgIpc) is 2.92. The van der Waals surface area contributed by atoms with Gasteiger partial charge in [-0.3, -0.25) is 9.69 Å². The molecule has 5 nitrogen and oxygen atoms in total. The van der Waals surface area contributed by atoms with Gasteiger partial charge in [0.2, 0.25) is 0 Å². The highest BCUT2D eigenvalue weighted by molar-refractivity contribution is 6.00. The summed E-state index contributed by atoms with van der Waals surface area (Å²) in [5.41, 5.74) is 11.8. The summed E-state index contributed by atoms with van der Waals surface area (Å²) in [6, 6.07) is 23.2. The third-order valence-electron chi connectivity index (χ3n) is 5.37. The Bertz CT molecular complexity index is 1030. The van der Waals surface area contributed by atoms with Crippen molar-refractivity contribution in [2.45, 2.75) is 39.5 Å². The van der Waals surface area contributed by atoms with E-state index in [9.17, 15) is 9.59 Å². The number of nitrogens with zero attached hydrogens (tertiary/aromatic N) is 1. The molecule has 1 aliphatic heterocycles. The Kier molecular flexibility index (Phi) is 7.66. The Morgan fingerprint density at radius 2 is 1.31 bits per heavy atom. The molecule has 3 aromatic carbocycles. The van der Waals surface area contributed by atoms with Gasteiger partial charge >= 0.3 is 12.0 Å². The van der Waals surface area contributed by atoms with E-state index in [0.29, 0.717) is 5.92 Å². The Labute approximate surface area is 189 Å². The molecule has 2 amide bonds. The molecule has 0 saturated carbocycles. The minimum Gasteiger partial charge on any atom is -0.481 e. The smallest absolute Gasteiger partial charge is 0.323 e. The number of carboxylic acid groups (broad SMARTS) is 1. The first-order valence-electron chi connectivity index (χ1n) is 10.9. The molecule has 32 heavy (non-hydrogen) atoms. The van der Waals surface area contributed by atoms with Crippen LogP contribution in [0.15, 0.2) is 72.8 Å². The lowest BCUT2D eigenvalue weighted by atomic mass is 10.0. The first-order chi connectivity index (χ1) is 15.3. The normalized spacial score (nSPS) is 12.2. The fourth-order valence-electron chi connectivity index (χ4n) is 3.96. The molecule has 3 aromatic rings. The van der Waals surface area contributed by atoms with Gasteiger partial charge < -0.3 is 10.8 Å². The van der Waals surface area contributed by atoms with Gasteiger partial charge in [0.1, 0.15) is 0 Å². The first-order valence-corrected chi connectivity index (χ1v) is 10.9. The number of amides is 2. The van der Waals surface area contributed by atoms with Crippen LogP contribution < -0.4 is 10.6 Å². The number of hydrogen-bond donors (Lipinski definition) is 2. The summed E-state index contributed by atoms with van der Waals surface area (Å²) in [7, 11) is 0. The Hall–Kier alpha value is -3.60. The number of hydrogen-bond acceptors (Lipinski definition) is 2. The number of carbonyl (C=O) groups is 2. The van der Waals surface area contributed by atoms with E-state index >= 15 is 0 Å². The Morgan fingerprint density at radius 1 is 0.844 bits per heavy atom. The standard InChI is InChI=1S/C15H14N2O.C12H16O2/c16-15(18)17-13-7-3-1-5-11(13)9-10-12-6-2-4-8-14(12)17;1-9(2)7-10-3-5-11(6-4-10)8-12(13)14/h1-8H,9-10H2,(H2,16,18);3-6,9H,7-8H2,1-2H3,(H,13,14). The van der Waals surface area contributed by atoms with Crippen LogP contribution in [0.25, 0.3) is 0 Å². The van der Waals surface area contributed by atoms with Gasteiger partial charge in [-0.2, -0.15) is 0 Å². The van der Waals surface area contributed by atoms with Gasteiger partial charge in [-0.1, -0.05) is 74.5 Å². The third kappa shape index (κ3) is 5.97. The summed E-state index contributed by atoms with van der Waals surface area (Å²) in [5.74, 6) is -0.137. The third-order valence-corrected chi connectivity index (χ3v) is 5.37. The van der Waals surface area contributed by atoms with Crippen molar-refractivity contribution in [3.05, 3.63) is 95.1 Å². The second-order valence-corrected chi connectivity index (χ2v) is 8.42. The number of para-hydroxylation sites is 2. The number of aryl methyl sites for hydroxylation is 2. The topological polar surface area (TPSA) is 83.6 Å². The fraction of sp³-hybridized carbons (Fsp3) is 0.259. The summed E-state index contributed by atoms with van der Waals surface area (Å²) < 4.78 is 0. The molecule has 0 unspecified atom stereocenters. The zero-order valence-corrected chi connectivity index (χ0v) is 18.6. The molecular weight excluding hydrogens is 400 g/mol. The lowest BCUT2D eigenvalue weighted by Gasteiger charge is -2.22. The molecule has 3 N–H and O–H groups in total. The van der Waals surface area contributed by atoms with Crippen molar-refractivity contribution in [1.82, 2.24) is 0 Å². The summed E-state index contributed by atoms with van der Waals surface area (Å²) in [4.78, 5) is 23.8. The number of primary amides is 1. The van der Waals surface area contributed by atoms with E-state index < -0.39 is 12.0 Å². The number of fused-ring (bicyclic) bond motifs is 2. The van der Waals surface area contributed by atoms with Crippen LogP contribution in [0.1, 0.15) is 36.1 Å². The lowest BCUT2D eigenvalue weighted by Crippen LogP contribution is -2.32. The molecule has 0 atom stereocenters. The van der Waals surface area contributed by atoms with Crippen LogP contribution in [-0.2, 0) is 30.5 Å². The van der Waals surface area contributed by atoms with Gasteiger partial charge in [0.15, 0.2) is 0 Å². The molecule has 0 saturated heterocycles. The van der Waals surface area contributed by atoms with Crippen molar-refractivity contribution in [1.29, 1.82) is 0 Å². The Balaban J connectivity index is 0.000000188. The van der Waals surface area contributed by atoms with Crippen molar-refractivity contribution in [2.24, 2.45) is 11.7 Å². The van der Waals surface area contributed by atoms with Gasteiger partial charge in [0.25, 0.3) is 0 Å². The maximum atomic E-state index is 11.8. The lowest BCUT2D eigenvalue weighted by molar-refractivity contribution is -0.136. The second kappa shape index (κ2) is 10.6. The van der Waals surface area contributed by atoms with Crippen molar-refractivity contribution in [2.75, 3.05) is 4.90 Å². The first kappa shape index (κ1) is 23.1. The predicted molar refractivity (Wildman–Crippen MR) is 128 cm³/mol. The largest absolute Gasteiger partial charge is 0.481 e. The highest BCUT2D eigenvalue weighted by atomic mass is 16.4. The van der Waals surface area contributed by atoms with Gasteiger partial charge in [-0.15, -0.1) is 0 Å². The molecule has 5 heteroatoms. The van der Waals surface area contributed by atoms with Gasteiger partial charge in [-0.05, 0) is 59.6 Å². The van der Waals surface area contributed by atoms with Crippen LogP contribution in [0.5, 0.6) is 0 Å². The van der Waals surface area contributed by atoms with E-state index in [2.05, 4.69) is 26.0 Å². The number of anilines is 2. The number of urea groups is 1. The van der Waals surface area contributed by atoms with Gasteiger partial charge in [0, 0.05) is 0 Å². The fourth-order valence-corrected chi connectivity index (χ4v) is 3.96. The Morgan fingerprint density at radius 3 is 1.75 bits per heavy atom. The summed E-state index contributed by atoms with van der Waals surface area (Å²) >= 11 is 0. The summed E-state index contributed by atoms with van der Waals surface area (Å²) in [6.45, 7) is 4.34. The molecule has 0 bridgehead atoms. The molecule has 1 heterocycles. The highest BCUT2D eigenvalue weighted by Gasteiger charge is 2.23. The van der Waals surface area contributed by atoms with E-state index in [1.807, 2.05) is 60.7 Å². The average molecular weight is 431 g/mol. The SMILES string of the molecule is CC(C)Cc1ccc(CC(=O)O)cc1.NC(=O)N1c2ccccc2CCc2ccccc21. The molecule has 0 aliphatic carbocycles. The number of nitrogens with two attached hydrogens (primary N) is 1. The summed E-state index contributed by atoms with van der Waals surface area (Å²) in [5, 5.41) is 8.58. The minimum absolute atomic E-state index is 0.113. The molecule has 0 radical (unpaired) electrons. The van der Waals surface area contributed by atoms with E-state index in [1.165, 1.54) is 5.56 Å². The van der Waals surface area contributed by atoms with Crippen molar-refractivity contribution in [3.63, 3.8) is 0 Å². The van der Waals surface area contributed by atoms with E-state index in [-0.39, 0.29) is 6.42 Å². The molecule has 166 valence electrons. The molecule has 1 aliphatic rings. The maximum absolute atomic E-state index is 11.8. The van der Waals surface area contributed by atoms with Crippen molar-refractivity contribution in [3.8, 4) is 0 Å². The number of carboxylic acids is 1. The van der Waals surface area contributed by atoms with Crippen LogP contribution in [0.2, 0.25) is 0 Å². The van der Waals surface area contributed by atoms with Crippen molar-refractivity contribution >= 4 is 23.4 Å². The quantitative estimate of drug-likeness (QED) is 0.572. The van der Waals surface area contributed by atoms with E-state index in [4.69, 9.17) is 10.8 Å². The number of carbonyl (C=O) groups excluding carboxylic acids is 1.